The molecule has 1 saturated carbocycles. The van der Waals surface area contributed by atoms with Crippen LogP contribution in [-0.2, 0) is 14.4 Å². The number of hydrogen-bond donors (Lipinski definition) is 3. The van der Waals surface area contributed by atoms with Crippen molar-refractivity contribution in [2.45, 2.75) is 56.7 Å². The highest BCUT2D eigenvalue weighted by atomic mass is 32.2. The summed E-state index contributed by atoms with van der Waals surface area (Å²) < 4.78 is 12.9. The van der Waals surface area contributed by atoms with Gasteiger partial charge >= 0.3 is 0 Å². The summed E-state index contributed by atoms with van der Waals surface area (Å²) >= 11 is 1.20. The summed E-state index contributed by atoms with van der Waals surface area (Å²) in [6.45, 7) is 4.10. The van der Waals surface area contributed by atoms with E-state index in [1.165, 1.54) is 36.0 Å². The molecule has 0 aliphatic heterocycles. The number of likely N-dealkylation sites (N-methyl/N-ethyl adjacent to an activating group) is 1. The van der Waals surface area contributed by atoms with Gasteiger partial charge in [0.15, 0.2) is 0 Å². The average Bonchev–Trinajstić information content (AvgIpc) is 2.68. The van der Waals surface area contributed by atoms with E-state index in [1.54, 1.807) is 6.92 Å². The maximum absolute atomic E-state index is 12.9. The molecule has 154 valence electrons. The Balaban J connectivity index is 1.87. The maximum atomic E-state index is 12.9. The van der Waals surface area contributed by atoms with E-state index in [1.807, 2.05) is 6.92 Å². The normalized spacial score (nSPS) is 16.7. The van der Waals surface area contributed by atoms with Crippen molar-refractivity contribution in [1.82, 2.24) is 10.6 Å². The van der Waals surface area contributed by atoms with E-state index in [2.05, 4.69) is 16.0 Å². The summed E-state index contributed by atoms with van der Waals surface area (Å²) in [4.78, 5) is 37.2. The van der Waals surface area contributed by atoms with Crippen molar-refractivity contribution in [3.63, 3.8) is 0 Å². The van der Waals surface area contributed by atoms with E-state index >= 15 is 0 Å². The Labute approximate surface area is 169 Å². The summed E-state index contributed by atoms with van der Waals surface area (Å²) in [7, 11) is 0. The zero-order valence-electron chi connectivity index (χ0n) is 16.3. The van der Waals surface area contributed by atoms with Crippen LogP contribution in [0.2, 0.25) is 0 Å². The Hall–Kier alpha value is -2.09. The number of amides is 3. The molecule has 0 aromatic heterocycles. The van der Waals surface area contributed by atoms with Crippen LogP contribution in [0.3, 0.4) is 0 Å². The SMILES string of the molecule is CCNC(=O)C1(NC(=O)C(C)SCC(=O)Nc2ccc(F)cc2)CCCCC1. The fourth-order valence-corrected chi connectivity index (χ4v) is 3.92. The Morgan fingerprint density at radius 2 is 1.79 bits per heavy atom. The van der Waals surface area contributed by atoms with Crippen molar-refractivity contribution < 1.29 is 18.8 Å². The van der Waals surface area contributed by atoms with Gasteiger partial charge in [-0.25, -0.2) is 4.39 Å². The molecule has 1 aliphatic carbocycles. The van der Waals surface area contributed by atoms with Gasteiger partial charge in [-0.3, -0.25) is 14.4 Å². The molecule has 0 spiro atoms. The molecule has 1 fully saturated rings. The standard InChI is InChI=1S/C20H28FN3O3S/c1-3-22-19(27)20(11-5-4-6-12-20)24-18(26)14(2)28-13-17(25)23-16-9-7-15(21)8-10-16/h7-10,14H,3-6,11-13H2,1-2H3,(H,22,27)(H,23,25)(H,24,26). The number of nitrogens with one attached hydrogen (secondary N) is 3. The van der Waals surface area contributed by atoms with Crippen LogP contribution in [0.15, 0.2) is 24.3 Å². The number of halogens is 1. The first-order valence-corrected chi connectivity index (χ1v) is 10.7. The third-order valence-electron chi connectivity index (χ3n) is 4.80. The summed E-state index contributed by atoms with van der Waals surface area (Å²) in [6.07, 6.45) is 4.13. The maximum Gasteiger partial charge on any atom is 0.245 e. The van der Waals surface area contributed by atoms with Crippen molar-refractivity contribution in [2.24, 2.45) is 0 Å². The summed E-state index contributed by atoms with van der Waals surface area (Å²) in [6, 6.07) is 5.49. The van der Waals surface area contributed by atoms with Crippen LogP contribution in [0.5, 0.6) is 0 Å². The van der Waals surface area contributed by atoms with E-state index in [-0.39, 0.29) is 29.3 Å². The molecule has 8 heteroatoms. The lowest BCUT2D eigenvalue weighted by Gasteiger charge is -2.37. The van der Waals surface area contributed by atoms with Crippen molar-refractivity contribution in [2.75, 3.05) is 17.6 Å². The van der Waals surface area contributed by atoms with Crippen LogP contribution < -0.4 is 16.0 Å². The van der Waals surface area contributed by atoms with Gasteiger partial charge in [0, 0.05) is 12.2 Å². The van der Waals surface area contributed by atoms with E-state index in [4.69, 9.17) is 0 Å². The molecular weight excluding hydrogens is 381 g/mol. The second-order valence-corrected chi connectivity index (χ2v) is 8.33. The Kier molecular flexibility index (Phi) is 8.29. The van der Waals surface area contributed by atoms with E-state index in [9.17, 15) is 18.8 Å². The minimum absolute atomic E-state index is 0.0835. The first-order valence-electron chi connectivity index (χ1n) is 9.63. The van der Waals surface area contributed by atoms with E-state index in [0.29, 0.717) is 25.1 Å². The van der Waals surface area contributed by atoms with Crippen molar-refractivity contribution in [1.29, 1.82) is 0 Å². The Bertz CT molecular complexity index is 690. The van der Waals surface area contributed by atoms with Gasteiger partial charge in [-0.2, -0.15) is 0 Å². The van der Waals surface area contributed by atoms with Gasteiger partial charge in [-0.05, 0) is 51.0 Å². The topological polar surface area (TPSA) is 87.3 Å². The summed E-state index contributed by atoms with van der Waals surface area (Å²) in [5.41, 5.74) is -0.349. The predicted molar refractivity (Wildman–Crippen MR) is 110 cm³/mol. The van der Waals surface area contributed by atoms with Crippen LogP contribution in [0.4, 0.5) is 10.1 Å². The molecule has 2 rings (SSSR count). The van der Waals surface area contributed by atoms with Crippen molar-refractivity contribution >= 4 is 35.2 Å². The number of carbonyl (C=O) groups excluding carboxylic acids is 3. The van der Waals surface area contributed by atoms with Gasteiger partial charge in [0.25, 0.3) is 0 Å². The molecular formula is C20H28FN3O3S. The number of carbonyl (C=O) groups is 3. The molecule has 0 bridgehead atoms. The Morgan fingerprint density at radius 1 is 1.14 bits per heavy atom. The van der Waals surface area contributed by atoms with Crippen LogP contribution in [0.25, 0.3) is 0 Å². The second-order valence-electron chi connectivity index (χ2n) is 7.00. The highest BCUT2D eigenvalue weighted by Crippen LogP contribution is 2.29. The summed E-state index contributed by atoms with van der Waals surface area (Å²) in [5, 5.41) is 7.97. The second kappa shape index (κ2) is 10.5. The smallest absolute Gasteiger partial charge is 0.245 e. The average molecular weight is 410 g/mol. The summed E-state index contributed by atoms with van der Waals surface area (Å²) in [5.74, 6) is -0.934. The fraction of sp³-hybridized carbons (Fsp3) is 0.550. The van der Waals surface area contributed by atoms with Crippen LogP contribution in [-0.4, -0.2) is 40.8 Å². The number of hydrogen-bond acceptors (Lipinski definition) is 4. The first kappa shape index (κ1) is 22.2. The van der Waals surface area contributed by atoms with Crippen LogP contribution in [0, 0.1) is 5.82 Å². The molecule has 1 atom stereocenters. The lowest BCUT2D eigenvalue weighted by molar-refractivity contribution is -0.134. The third-order valence-corrected chi connectivity index (χ3v) is 5.95. The third kappa shape index (κ3) is 6.22. The predicted octanol–water partition coefficient (Wildman–Crippen LogP) is 2.84. The first-order chi connectivity index (χ1) is 13.4. The fourth-order valence-electron chi connectivity index (χ4n) is 3.24. The number of thioether (sulfide) groups is 1. The Morgan fingerprint density at radius 3 is 2.39 bits per heavy atom. The van der Waals surface area contributed by atoms with Crippen molar-refractivity contribution in [3.8, 4) is 0 Å². The van der Waals surface area contributed by atoms with Gasteiger partial charge in [0.05, 0.1) is 11.0 Å². The number of anilines is 1. The molecule has 0 saturated heterocycles. The molecule has 0 heterocycles. The zero-order chi connectivity index (χ0) is 20.6. The highest BCUT2D eigenvalue weighted by molar-refractivity contribution is 8.01. The zero-order valence-corrected chi connectivity index (χ0v) is 17.2. The quantitative estimate of drug-likeness (QED) is 0.616. The molecule has 1 aromatic rings. The largest absolute Gasteiger partial charge is 0.354 e. The van der Waals surface area contributed by atoms with E-state index < -0.39 is 10.8 Å². The molecule has 6 nitrogen and oxygen atoms in total. The van der Waals surface area contributed by atoms with Crippen LogP contribution >= 0.6 is 11.8 Å². The number of rotatable bonds is 8. The highest BCUT2D eigenvalue weighted by Gasteiger charge is 2.41. The molecule has 1 aromatic carbocycles. The molecule has 28 heavy (non-hydrogen) atoms. The van der Waals surface area contributed by atoms with Crippen LogP contribution in [0.1, 0.15) is 46.0 Å². The molecule has 3 amide bonds. The monoisotopic (exact) mass is 409 g/mol. The van der Waals surface area contributed by atoms with Gasteiger partial charge < -0.3 is 16.0 Å². The van der Waals surface area contributed by atoms with Gasteiger partial charge in [-0.15, -0.1) is 11.8 Å². The van der Waals surface area contributed by atoms with Gasteiger partial charge in [0.2, 0.25) is 17.7 Å². The lowest BCUT2D eigenvalue weighted by atomic mass is 9.80. The lowest BCUT2D eigenvalue weighted by Crippen LogP contribution is -2.60. The van der Waals surface area contributed by atoms with Gasteiger partial charge in [0.1, 0.15) is 11.4 Å². The molecule has 3 N–H and O–H groups in total. The minimum atomic E-state index is -0.851. The molecule has 1 aliphatic rings. The van der Waals surface area contributed by atoms with Gasteiger partial charge in [-0.1, -0.05) is 19.3 Å². The van der Waals surface area contributed by atoms with Crippen molar-refractivity contribution in [3.05, 3.63) is 30.1 Å². The number of benzene rings is 1. The van der Waals surface area contributed by atoms with E-state index in [0.717, 1.165) is 19.3 Å². The molecule has 1 unspecified atom stereocenters. The minimum Gasteiger partial charge on any atom is -0.354 e. The molecule has 0 radical (unpaired) electrons.